The highest BCUT2D eigenvalue weighted by molar-refractivity contribution is 6.41. The highest BCUT2D eigenvalue weighted by Gasteiger charge is 2.39. The number of imidazole rings is 1. The Hall–Kier alpha value is -6.87. The summed E-state index contributed by atoms with van der Waals surface area (Å²) in [5, 5.41) is 35.5. The molecule has 31 heteroatoms. The summed E-state index contributed by atoms with van der Waals surface area (Å²) in [5.41, 5.74) is 44.6. The lowest BCUT2D eigenvalue weighted by atomic mass is 10.1. The molecule has 2 heterocycles. The van der Waals surface area contributed by atoms with Gasteiger partial charge in [0.05, 0.1) is 31.5 Å². The summed E-state index contributed by atoms with van der Waals surface area (Å²) >= 11 is 0. The Morgan fingerprint density at radius 1 is 0.709 bits per heavy atom. The normalized spacial score (nSPS) is 15.8. The molecule has 1 aromatic rings. The number of nitrogens with zero attached hydrogens (tertiary/aromatic N) is 5. The van der Waals surface area contributed by atoms with Crippen LogP contribution in [0.4, 0.5) is 0 Å². The van der Waals surface area contributed by atoms with Crippen LogP contribution >= 0.6 is 0 Å². The molecule has 0 bridgehead atoms. The number of carbonyl (C=O) groups excluding carboxylic acids is 9. The minimum Gasteiger partial charge on any atom is -0.391 e. The van der Waals surface area contributed by atoms with E-state index in [2.05, 4.69) is 56.8 Å². The van der Waals surface area contributed by atoms with Crippen molar-refractivity contribution in [2.45, 2.75) is 145 Å². The maximum atomic E-state index is 14.4. The van der Waals surface area contributed by atoms with Gasteiger partial charge in [-0.1, -0.05) is 0 Å². The van der Waals surface area contributed by atoms with Crippen LogP contribution in [0.3, 0.4) is 0 Å². The van der Waals surface area contributed by atoms with Crippen molar-refractivity contribution in [3.8, 4) is 0 Å². The van der Waals surface area contributed by atoms with Crippen molar-refractivity contribution in [2.75, 3.05) is 65.4 Å². The van der Waals surface area contributed by atoms with E-state index >= 15 is 0 Å². The number of amides is 9. The maximum Gasteiger partial charge on any atom is 0.269 e. The van der Waals surface area contributed by atoms with Gasteiger partial charge in [0, 0.05) is 51.0 Å². The first-order valence-electron chi connectivity index (χ1n) is 26.7. The first kappa shape index (κ1) is 68.2. The lowest BCUT2D eigenvalue weighted by molar-refractivity contribution is -0.136. The molecule has 0 aliphatic carbocycles. The van der Waals surface area contributed by atoms with Gasteiger partial charge in [0.2, 0.25) is 29.5 Å². The van der Waals surface area contributed by atoms with Gasteiger partial charge in [-0.2, -0.15) is 0 Å². The number of hydrogen-bond donors (Lipinski definition) is 17. The molecule has 0 aromatic carbocycles. The summed E-state index contributed by atoms with van der Waals surface area (Å²) in [6, 6.07) is -6.57. The Kier molecular flexibility index (Phi) is 33.4. The maximum absolute atomic E-state index is 14.4. The van der Waals surface area contributed by atoms with Crippen LogP contribution < -0.4 is 77.8 Å². The molecular weight excluding hydrogens is 1030 g/mol. The number of nitrogens with two attached hydrogens (primary N) is 8. The Morgan fingerprint density at radius 2 is 1.37 bits per heavy atom. The average molecular weight is 1120 g/mol. The number of aromatic amines is 1. The van der Waals surface area contributed by atoms with E-state index in [1.165, 1.54) is 17.4 Å². The number of carbonyl (C=O) groups is 9. The van der Waals surface area contributed by atoms with Crippen molar-refractivity contribution in [2.24, 2.45) is 60.8 Å². The van der Waals surface area contributed by atoms with E-state index in [4.69, 9.17) is 45.9 Å². The second-order valence-electron chi connectivity index (χ2n) is 18.8. The Bertz CT molecular complexity index is 2190. The molecule has 1 aromatic heterocycles. The van der Waals surface area contributed by atoms with Gasteiger partial charge in [-0.25, -0.2) is 15.0 Å². The number of hydrogen-bond acceptors (Lipinski definition) is 19. The molecule has 7 atom stereocenters. The number of likely N-dealkylation sites (tertiary alicyclic amines) is 1. The van der Waals surface area contributed by atoms with E-state index in [0.717, 1.165) is 0 Å². The molecule has 444 valence electrons. The second-order valence-corrected chi connectivity index (χ2v) is 18.8. The van der Waals surface area contributed by atoms with Gasteiger partial charge in [0.1, 0.15) is 41.6 Å². The molecule has 9 amide bonds. The number of aliphatic imine (C=N–C) groups is 3. The summed E-state index contributed by atoms with van der Waals surface area (Å²) < 4.78 is 0. The van der Waals surface area contributed by atoms with Crippen LogP contribution in [0, 0.1) is 0 Å². The fourth-order valence-corrected chi connectivity index (χ4v) is 8.00. The fourth-order valence-electron chi connectivity index (χ4n) is 8.00. The largest absolute Gasteiger partial charge is 0.391 e. The topological polar surface area (TPSA) is 543 Å². The number of aliphatic hydroxyl groups is 2. The molecule has 0 unspecified atom stereocenters. The molecule has 0 saturated carbocycles. The van der Waals surface area contributed by atoms with E-state index in [9.17, 15) is 53.4 Å². The van der Waals surface area contributed by atoms with Crippen LogP contribution in [0.15, 0.2) is 27.5 Å². The number of rotatable bonds is 39. The van der Waals surface area contributed by atoms with Crippen molar-refractivity contribution in [3.05, 3.63) is 18.2 Å². The van der Waals surface area contributed by atoms with Crippen LogP contribution in [-0.4, -0.2) is 203 Å². The monoisotopic (exact) mass is 1120 g/mol. The van der Waals surface area contributed by atoms with Crippen molar-refractivity contribution >= 4 is 70.5 Å². The minimum atomic E-state index is -1.63. The van der Waals surface area contributed by atoms with Gasteiger partial charge in [-0.05, 0) is 116 Å². The molecule has 25 N–H and O–H groups in total. The molecule has 31 nitrogen and oxygen atoms in total. The summed E-state index contributed by atoms with van der Waals surface area (Å²) in [7, 11) is 0. The van der Waals surface area contributed by atoms with Crippen molar-refractivity contribution in [1.82, 2.24) is 46.8 Å². The molecule has 79 heavy (non-hydrogen) atoms. The average Bonchev–Trinajstić information content (AvgIpc) is 4.16. The standard InChI is InChI=1S/C48H86N20O11/c49-15-3-1-10-31(41(73)58-19-6-5-17-51)63-43(75)33(13-8-20-59-48(55)56)64-42(74)32(11-2-4-16-50)65-44(76)35(22-29-26-57-28-61-29)66-45(77)36-14-9-21-68(36)47(79)34(12-7-18-52)62-39(72)27-60-46(78)40(37(70)25-54)67-38(71)23-30(69)24-53/h26,28,30-32,35-37,40,69-70H,1-25,27,49-54H2,(H,57,61)(H,58,73)(H,60,78)(H,63,75)(H,65,76)(H,66,77)(H,67,71)(H4,55,56,59)/t30-,31+,32+,35+,36+,37+,40+/m1/s1. The van der Waals surface area contributed by atoms with Gasteiger partial charge < -0.3 is 97.9 Å². The SMILES string of the molecule is NCCCCNC(=O)[C@H](CCCCN)NC(=O)C(CCCN=C(N)N)=NC(=O)[C@H](CCCCN)NC(=O)[C@H](Cc1cnc[nH]1)NC(=O)[C@@H]1CCCN1C(=O)C(CCCN)=NC(=O)CNC(=O)[C@@H](NC(=O)C[C@@H](O)CN)[C@@H](O)CN. The summed E-state index contributed by atoms with van der Waals surface area (Å²) in [4.78, 5) is 143. The fraction of sp³-hybridized carbons (Fsp3) is 0.688. The Labute approximate surface area is 459 Å². The highest BCUT2D eigenvalue weighted by Crippen LogP contribution is 2.20. The van der Waals surface area contributed by atoms with E-state index in [0.29, 0.717) is 70.3 Å². The highest BCUT2D eigenvalue weighted by atomic mass is 16.3. The van der Waals surface area contributed by atoms with Gasteiger partial charge >= 0.3 is 0 Å². The number of aromatic nitrogens is 2. The molecule has 1 aliphatic heterocycles. The predicted octanol–water partition coefficient (Wildman–Crippen LogP) is -7.13. The minimum absolute atomic E-state index is 0.0110. The number of unbranched alkanes of at least 4 members (excludes halogenated alkanes) is 3. The molecule has 1 saturated heterocycles. The molecule has 1 aliphatic rings. The summed E-state index contributed by atoms with van der Waals surface area (Å²) in [6.07, 6.45) is 3.29. The number of nitrogens with one attached hydrogen (secondary N) is 7. The van der Waals surface area contributed by atoms with Gasteiger partial charge in [0.15, 0.2) is 5.96 Å². The van der Waals surface area contributed by atoms with Gasteiger partial charge in [-0.3, -0.25) is 48.1 Å². The van der Waals surface area contributed by atoms with Crippen LogP contribution in [0.2, 0.25) is 0 Å². The predicted molar refractivity (Wildman–Crippen MR) is 293 cm³/mol. The van der Waals surface area contributed by atoms with E-state index in [1.54, 1.807) is 0 Å². The third-order valence-electron chi connectivity index (χ3n) is 12.3. The molecule has 0 spiro atoms. The van der Waals surface area contributed by atoms with Crippen LogP contribution in [-0.2, 0) is 49.6 Å². The first-order valence-corrected chi connectivity index (χ1v) is 26.7. The molecule has 1 fully saturated rings. The number of H-pyrrole nitrogens is 1. The zero-order valence-electron chi connectivity index (χ0n) is 45.0. The van der Waals surface area contributed by atoms with Crippen LogP contribution in [0.25, 0.3) is 0 Å². The summed E-state index contributed by atoms with van der Waals surface area (Å²) in [5.74, 6) is -7.63. The van der Waals surface area contributed by atoms with Crippen LogP contribution in [0.5, 0.6) is 0 Å². The van der Waals surface area contributed by atoms with Gasteiger partial charge in [-0.15, -0.1) is 0 Å². The Balaban J connectivity index is 2.45. The van der Waals surface area contributed by atoms with Crippen molar-refractivity contribution < 1.29 is 53.4 Å². The third kappa shape index (κ3) is 26.1. The van der Waals surface area contributed by atoms with E-state index in [-0.39, 0.29) is 101 Å². The Morgan fingerprint density at radius 3 is 1.99 bits per heavy atom. The van der Waals surface area contributed by atoms with E-state index in [1.807, 2.05) is 0 Å². The smallest absolute Gasteiger partial charge is 0.269 e. The lowest BCUT2D eigenvalue weighted by Gasteiger charge is -2.27. The zero-order chi connectivity index (χ0) is 58.7. The van der Waals surface area contributed by atoms with Crippen LogP contribution in [0.1, 0.15) is 102 Å². The quantitative estimate of drug-likeness (QED) is 0.0165. The number of guanidine groups is 1. The second kappa shape index (κ2) is 38.7. The lowest BCUT2D eigenvalue weighted by Crippen LogP contribution is -2.56. The third-order valence-corrected chi connectivity index (χ3v) is 12.3. The van der Waals surface area contributed by atoms with E-state index < -0.39 is 115 Å². The van der Waals surface area contributed by atoms with Gasteiger partial charge in [0.25, 0.3) is 23.6 Å². The first-order chi connectivity index (χ1) is 37.8. The van der Waals surface area contributed by atoms with Crippen molar-refractivity contribution in [3.63, 3.8) is 0 Å². The molecule has 2 rings (SSSR count). The zero-order valence-corrected chi connectivity index (χ0v) is 45.0. The molecular formula is C48H86N20O11. The molecule has 0 radical (unpaired) electrons. The van der Waals surface area contributed by atoms with Crippen molar-refractivity contribution in [1.29, 1.82) is 0 Å². The number of aliphatic hydroxyl groups excluding tert-OH is 2. The summed E-state index contributed by atoms with van der Waals surface area (Å²) in [6.45, 7) is 0.0594.